The van der Waals surface area contributed by atoms with Crippen molar-refractivity contribution in [3.05, 3.63) is 41.5 Å². The summed E-state index contributed by atoms with van der Waals surface area (Å²) in [4.78, 5) is 37.7. The van der Waals surface area contributed by atoms with Crippen LogP contribution in [-0.2, 0) is 15.8 Å². The molecule has 0 bridgehead atoms. The van der Waals surface area contributed by atoms with Crippen molar-refractivity contribution in [3.8, 4) is 16.9 Å². The molecule has 0 aliphatic carbocycles. The first-order chi connectivity index (χ1) is 13.0. The number of halogens is 3. The van der Waals surface area contributed by atoms with Gasteiger partial charge in [0.2, 0.25) is 0 Å². The van der Waals surface area contributed by atoms with Crippen LogP contribution in [0.4, 0.5) is 13.2 Å². The molecule has 0 atom stereocenters. The minimum atomic E-state index is -4.57. The van der Waals surface area contributed by atoms with Gasteiger partial charge in [-0.05, 0) is 13.0 Å². The van der Waals surface area contributed by atoms with Crippen LogP contribution in [0.2, 0.25) is 0 Å². The molecule has 0 spiro atoms. The van der Waals surface area contributed by atoms with Crippen LogP contribution in [0, 0.1) is 6.92 Å². The Morgan fingerprint density at radius 1 is 1.21 bits per heavy atom. The van der Waals surface area contributed by atoms with Crippen molar-refractivity contribution >= 4 is 18.3 Å². The smallest absolute Gasteiger partial charge is 0.433 e. The zero-order valence-corrected chi connectivity index (χ0v) is 14.2. The normalized spacial score (nSPS) is 10.4. The molecule has 2 heterocycles. The molecule has 0 saturated heterocycles. The maximum Gasteiger partial charge on any atom is 0.433 e. The second-order valence-electron chi connectivity index (χ2n) is 5.11. The quantitative estimate of drug-likeness (QED) is 0.566. The van der Waals surface area contributed by atoms with Crippen molar-refractivity contribution in [1.29, 1.82) is 0 Å². The molecule has 2 aromatic heterocycles. The number of pyridine rings is 2. The number of alkyl halides is 3. The van der Waals surface area contributed by atoms with E-state index in [1.54, 1.807) is 0 Å². The van der Waals surface area contributed by atoms with E-state index in [0.29, 0.717) is 0 Å². The molecular weight excluding hydrogens is 387 g/mol. The van der Waals surface area contributed by atoms with Gasteiger partial charge in [0.15, 0.2) is 5.69 Å². The van der Waals surface area contributed by atoms with Crippen LogP contribution >= 0.6 is 0 Å². The fourth-order valence-corrected chi connectivity index (χ4v) is 2.01. The van der Waals surface area contributed by atoms with Crippen molar-refractivity contribution in [1.82, 2.24) is 15.3 Å². The lowest BCUT2D eigenvalue weighted by molar-refractivity contribution is -0.141. The topological polar surface area (TPSA) is 150 Å². The highest BCUT2D eigenvalue weighted by Gasteiger charge is 2.32. The fourth-order valence-electron chi connectivity index (χ4n) is 2.01. The summed E-state index contributed by atoms with van der Waals surface area (Å²) in [7, 11) is 0. The Hall–Kier alpha value is -3.70. The number of amides is 1. The molecule has 0 aromatic carbocycles. The van der Waals surface area contributed by atoms with Crippen LogP contribution in [0.15, 0.2) is 24.5 Å². The largest absolute Gasteiger partial charge is 0.505 e. The van der Waals surface area contributed by atoms with E-state index >= 15 is 0 Å². The van der Waals surface area contributed by atoms with Gasteiger partial charge in [0, 0.05) is 29.1 Å². The number of aromatic nitrogens is 2. The van der Waals surface area contributed by atoms with Crippen molar-refractivity contribution in [2.24, 2.45) is 0 Å². The van der Waals surface area contributed by atoms with Gasteiger partial charge in [-0.1, -0.05) is 6.07 Å². The number of nitrogens with zero attached hydrogens (tertiary/aromatic N) is 2. The molecule has 4 N–H and O–H groups in total. The predicted octanol–water partition coefficient (Wildman–Crippen LogP) is 1.69. The van der Waals surface area contributed by atoms with Gasteiger partial charge in [-0.25, -0.2) is 4.98 Å². The third-order valence-electron chi connectivity index (χ3n) is 3.29. The fraction of sp³-hybridized carbons (Fsp3) is 0.188. The van der Waals surface area contributed by atoms with E-state index in [4.69, 9.17) is 15.0 Å². The molecular formula is C16H14F3N3O6. The number of rotatable bonds is 4. The van der Waals surface area contributed by atoms with E-state index < -0.39 is 36.0 Å². The summed E-state index contributed by atoms with van der Waals surface area (Å²) in [6.45, 7) is 0.543. The van der Waals surface area contributed by atoms with E-state index in [-0.39, 0.29) is 28.9 Å². The molecule has 2 aromatic rings. The van der Waals surface area contributed by atoms with Gasteiger partial charge in [0.1, 0.15) is 18.0 Å². The maximum absolute atomic E-state index is 12.5. The molecule has 0 radical (unpaired) electrons. The summed E-state index contributed by atoms with van der Waals surface area (Å²) < 4.78 is 37.6. The number of hydrogen-bond acceptors (Lipinski definition) is 6. The molecule has 12 heteroatoms. The number of aliphatic carboxylic acids is 1. The first-order valence-electron chi connectivity index (χ1n) is 7.33. The molecule has 9 nitrogen and oxygen atoms in total. The van der Waals surface area contributed by atoms with Crippen LogP contribution in [0.25, 0.3) is 11.1 Å². The molecule has 1 amide bonds. The lowest BCUT2D eigenvalue weighted by atomic mass is 10.0. The third kappa shape index (κ3) is 5.65. The zero-order chi connectivity index (χ0) is 21.5. The Labute approximate surface area is 155 Å². The van der Waals surface area contributed by atoms with Crippen LogP contribution in [0.3, 0.4) is 0 Å². The summed E-state index contributed by atoms with van der Waals surface area (Å²) in [6.07, 6.45) is -2.40. The Morgan fingerprint density at radius 3 is 2.29 bits per heavy atom. The van der Waals surface area contributed by atoms with E-state index in [9.17, 15) is 27.9 Å². The van der Waals surface area contributed by atoms with Crippen LogP contribution < -0.4 is 5.32 Å². The van der Waals surface area contributed by atoms with Gasteiger partial charge in [-0.3, -0.25) is 19.4 Å². The average Bonchev–Trinajstić information content (AvgIpc) is 2.62. The summed E-state index contributed by atoms with van der Waals surface area (Å²) in [5, 5.41) is 27.5. The standard InChI is InChI=1S/C15H12F3N3O4.CH2O2/c1-7-9(8-2-3-10(19-4-8)15(16,17)18)5-20-12(13(7)24)14(25)21-6-11(22)23;2-1-3/h2-5,24H,6H2,1H3,(H,21,25)(H,22,23);1H,(H,2,3). The van der Waals surface area contributed by atoms with E-state index in [1.165, 1.54) is 19.2 Å². The molecule has 150 valence electrons. The third-order valence-corrected chi connectivity index (χ3v) is 3.29. The highest BCUT2D eigenvalue weighted by molar-refractivity contribution is 5.97. The first kappa shape index (κ1) is 22.3. The molecule has 2 rings (SSSR count). The predicted molar refractivity (Wildman–Crippen MR) is 87.5 cm³/mol. The summed E-state index contributed by atoms with van der Waals surface area (Å²) in [5.74, 6) is -2.66. The first-order valence-corrected chi connectivity index (χ1v) is 7.33. The lowest BCUT2D eigenvalue weighted by Gasteiger charge is -2.12. The van der Waals surface area contributed by atoms with E-state index in [0.717, 1.165) is 12.3 Å². The second kappa shape index (κ2) is 9.30. The highest BCUT2D eigenvalue weighted by atomic mass is 19.4. The summed E-state index contributed by atoms with van der Waals surface area (Å²) in [6, 6.07) is 1.96. The molecule has 28 heavy (non-hydrogen) atoms. The second-order valence-corrected chi connectivity index (χ2v) is 5.11. The van der Waals surface area contributed by atoms with Gasteiger partial charge in [0.05, 0.1) is 0 Å². The number of carboxylic acid groups (broad SMARTS) is 2. The number of nitrogens with one attached hydrogen (secondary N) is 1. The molecule has 0 aliphatic heterocycles. The molecule has 0 fully saturated rings. The van der Waals surface area contributed by atoms with E-state index in [1.807, 2.05) is 0 Å². The highest BCUT2D eigenvalue weighted by Crippen LogP contribution is 2.32. The van der Waals surface area contributed by atoms with Crippen LogP contribution in [0.1, 0.15) is 21.7 Å². The number of carboxylic acids is 1. The number of carbonyl (C=O) groups excluding carboxylic acids is 1. The molecule has 0 saturated carbocycles. The Morgan fingerprint density at radius 2 is 1.82 bits per heavy atom. The van der Waals surface area contributed by atoms with Crippen LogP contribution in [0.5, 0.6) is 5.75 Å². The zero-order valence-electron chi connectivity index (χ0n) is 14.2. The van der Waals surface area contributed by atoms with Crippen molar-refractivity contribution in [2.45, 2.75) is 13.1 Å². The molecule has 0 aliphatic rings. The summed E-state index contributed by atoms with van der Waals surface area (Å²) in [5.41, 5.74) is -0.700. The van der Waals surface area contributed by atoms with Crippen molar-refractivity contribution in [2.75, 3.05) is 6.54 Å². The maximum atomic E-state index is 12.5. The van der Waals surface area contributed by atoms with Crippen LogP contribution in [-0.4, -0.2) is 50.2 Å². The lowest BCUT2D eigenvalue weighted by Crippen LogP contribution is -2.30. The monoisotopic (exact) mass is 401 g/mol. The van der Waals surface area contributed by atoms with Crippen molar-refractivity contribution < 1.29 is 42.9 Å². The average molecular weight is 401 g/mol. The van der Waals surface area contributed by atoms with E-state index in [2.05, 4.69) is 15.3 Å². The summed E-state index contributed by atoms with van der Waals surface area (Å²) >= 11 is 0. The van der Waals surface area contributed by atoms with Gasteiger partial charge in [0.25, 0.3) is 12.4 Å². The van der Waals surface area contributed by atoms with Gasteiger partial charge in [-0.2, -0.15) is 13.2 Å². The SMILES string of the molecule is Cc1c(-c2ccc(C(F)(F)F)nc2)cnc(C(=O)NCC(=O)O)c1O.O=CO. The minimum absolute atomic E-state index is 0.192. The van der Waals surface area contributed by atoms with Gasteiger partial charge in [-0.15, -0.1) is 0 Å². The van der Waals surface area contributed by atoms with Gasteiger partial charge >= 0.3 is 12.1 Å². The molecule has 0 unspecified atom stereocenters. The van der Waals surface area contributed by atoms with Gasteiger partial charge < -0.3 is 20.6 Å². The van der Waals surface area contributed by atoms with Crippen molar-refractivity contribution in [3.63, 3.8) is 0 Å². The Bertz CT molecular complexity index is 869. The number of aromatic hydroxyl groups is 1. The minimum Gasteiger partial charge on any atom is -0.505 e. The Kier molecular flexibility index (Phi) is 7.42. The number of hydrogen-bond donors (Lipinski definition) is 4. The number of carbonyl (C=O) groups is 3. The Balaban J connectivity index is 0.00000122.